The van der Waals surface area contributed by atoms with Crippen LogP contribution in [0, 0.1) is 0 Å². The van der Waals surface area contributed by atoms with Gasteiger partial charge in [-0.25, -0.2) is 4.79 Å². The summed E-state index contributed by atoms with van der Waals surface area (Å²) in [5, 5.41) is 10.6. The third-order valence-corrected chi connectivity index (χ3v) is 3.58. The number of ether oxygens (including phenoxy) is 1. The van der Waals surface area contributed by atoms with E-state index >= 15 is 0 Å². The highest BCUT2D eigenvalue weighted by Gasteiger charge is 2.23. The number of hydrogen-bond donors (Lipinski definition) is 1. The third kappa shape index (κ3) is 2.42. The first-order chi connectivity index (χ1) is 10.6. The lowest BCUT2D eigenvalue weighted by Crippen LogP contribution is -2.04. The second kappa shape index (κ2) is 5.73. The zero-order chi connectivity index (χ0) is 15.7. The van der Waals surface area contributed by atoms with Gasteiger partial charge in [-0.3, -0.25) is 0 Å². The number of rotatable bonds is 3. The minimum atomic E-state index is -0.548. The molecule has 0 unspecified atom stereocenters. The lowest BCUT2D eigenvalue weighted by Gasteiger charge is -2.03. The Hall–Kier alpha value is -2.46. The fourth-order valence-electron chi connectivity index (χ4n) is 2.34. The van der Waals surface area contributed by atoms with Crippen LogP contribution in [0.5, 0.6) is 5.75 Å². The van der Waals surface area contributed by atoms with Gasteiger partial charge in [-0.15, -0.1) is 0 Å². The molecule has 1 aromatic heterocycles. The number of fused-ring (bicyclic) bond motifs is 1. The highest BCUT2D eigenvalue weighted by Crippen LogP contribution is 2.39. The molecule has 0 fully saturated rings. The van der Waals surface area contributed by atoms with Crippen LogP contribution in [-0.2, 0) is 4.74 Å². The summed E-state index contributed by atoms with van der Waals surface area (Å²) in [4.78, 5) is 12.2. The standard InChI is InChI=1S/C17H13ClO4/c1-2-21-17(20)16-15(10-6-4-3-5-7-10)11-8-12(18)13(19)9-14(11)22-16/h3-9,19H,2H2,1H3. The van der Waals surface area contributed by atoms with E-state index in [0.717, 1.165) is 5.56 Å². The number of phenolic OH excluding ortho intramolecular Hbond substituents is 1. The number of aromatic hydroxyl groups is 1. The summed E-state index contributed by atoms with van der Waals surface area (Å²) in [6.07, 6.45) is 0. The minimum Gasteiger partial charge on any atom is -0.506 e. The molecule has 2 aromatic carbocycles. The second-order valence-electron chi connectivity index (χ2n) is 4.69. The van der Waals surface area contributed by atoms with E-state index in [-0.39, 0.29) is 23.1 Å². The first-order valence-electron chi connectivity index (χ1n) is 6.79. The molecular formula is C17H13ClO4. The zero-order valence-corrected chi connectivity index (χ0v) is 12.6. The monoisotopic (exact) mass is 316 g/mol. The fourth-order valence-corrected chi connectivity index (χ4v) is 2.50. The van der Waals surface area contributed by atoms with Crippen LogP contribution in [0.15, 0.2) is 46.9 Å². The molecule has 5 heteroatoms. The quantitative estimate of drug-likeness (QED) is 0.715. The Labute approximate surface area is 131 Å². The van der Waals surface area contributed by atoms with Crippen molar-refractivity contribution < 1.29 is 19.1 Å². The molecule has 0 spiro atoms. The van der Waals surface area contributed by atoms with Gasteiger partial charge in [0.2, 0.25) is 5.76 Å². The number of carbonyl (C=O) groups is 1. The van der Waals surface area contributed by atoms with E-state index in [1.54, 1.807) is 13.0 Å². The number of carbonyl (C=O) groups excluding carboxylic acids is 1. The van der Waals surface area contributed by atoms with Crippen molar-refractivity contribution in [2.75, 3.05) is 6.61 Å². The highest BCUT2D eigenvalue weighted by molar-refractivity contribution is 6.33. The number of furan rings is 1. The van der Waals surface area contributed by atoms with Crippen LogP contribution in [0.25, 0.3) is 22.1 Å². The summed E-state index contributed by atoms with van der Waals surface area (Å²) in [6.45, 7) is 1.97. The first kappa shape index (κ1) is 14.5. The van der Waals surface area contributed by atoms with E-state index < -0.39 is 5.97 Å². The number of esters is 1. The summed E-state index contributed by atoms with van der Waals surface area (Å²) in [6, 6.07) is 12.3. The molecule has 0 saturated carbocycles. The van der Waals surface area contributed by atoms with Crippen LogP contribution in [-0.4, -0.2) is 17.7 Å². The van der Waals surface area contributed by atoms with Gasteiger partial charge in [-0.1, -0.05) is 41.9 Å². The van der Waals surface area contributed by atoms with E-state index in [1.165, 1.54) is 6.07 Å². The molecule has 0 saturated heterocycles. The molecule has 1 heterocycles. The van der Waals surface area contributed by atoms with Crippen molar-refractivity contribution in [2.45, 2.75) is 6.92 Å². The van der Waals surface area contributed by atoms with Crippen LogP contribution in [0.4, 0.5) is 0 Å². The largest absolute Gasteiger partial charge is 0.506 e. The third-order valence-electron chi connectivity index (χ3n) is 3.28. The van der Waals surface area contributed by atoms with E-state index in [4.69, 9.17) is 20.8 Å². The maximum absolute atomic E-state index is 12.2. The van der Waals surface area contributed by atoms with Crippen molar-refractivity contribution in [3.63, 3.8) is 0 Å². The highest BCUT2D eigenvalue weighted by atomic mass is 35.5. The summed E-state index contributed by atoms with van der Waals surface area (Å²) in [7, 11) is 0. The van der Waals surface area contributed by atoms with Gasteiger partial charge in [0.15, 0.2) is 0 Å². The zero-order valence-electron chi connectivity index (χ0n) is 11.8. The van der Waals surface area contributed by atoms with Crippen LogP contribution < -0.4 is 0 Å². The van der Waals surface area contributed by atoms with Crippen LogP contribution in [0.3, 0.4) is 0 Å². The van der Waals surface area contributed by atoms with E-state index in [9.17, 15) is 9.90 Å². The maximum atomic E-state index is 12.2. The summed E-state index contributed by atoms with van der Waals surface area (Å²) in [5.41, 5.74) is 1.80. The smallest absolute Gasteiger partial charge is 0.374 e. The maximum Gasteiger partial charge on any atom is 0.374 e. The molecule has 0 atom stereocenters. The second-order valence-corrected chi connectivity index (χ2v) is 5.10. The SMILES string of the molecule is CCOC(=O)c1oc2cc(O)c(Cl)cc2c1-c1ccccc1. The average molecular weight is 317 g/mol. The average Bonchev–Trinajstić information content (AvgIpc) is 2.87. The molecule has 112 valence electrons. The van der Waals surface area contributed by atoms with E-state index in [1.807, 2.05) is 30.3 Å². The predicted octanol–water partition coefficient (Wildman–Crippen LogP) is 4.64. The summed E-state index contributed by atoms with van der Waals surface area (Å²) < 4.78 is 10.7. The number of benzene rings is 2. The molecule has 4 nitrogen and oxygen atoms in total. The van der Waals surface area contributed by atoms with Gasteiger partial charge >= 0.3 is 5.97 Å². The van der Waals surface area contributed by atoms with Crippen molar-refractivity contribution >= 4 is 28.5 Å². The molecule has 0 amide bonds. The molecule has 0 aliphatic heterocycles. The molecule has 0 aliphatic carbocycles. The Morgan fingerprint density at radius 2 is 2.00 bits per heavy atom. The Morgan fingerprint density at radius 3 is 2.68 bits per heavy atom. The summed E-state index contributed by atoms with van der Waals surface area (Å²) in [5.74, 6) is -0.546. The molecule has 1 N–H and O–H groups in total. The van der Waals surface area contributed by atoms with Gasteiger partial charge in [0.1, 0.15) is 11.3 Å². The van der Waals surface area contributed by atoms with Crippen molar-refractivity contribution in [2.24, 2.45) is 0 Å². The molecular weight excluding hydrogens is 304 g/mol. The lowest BCUT2D eigenvalue weighted by atomic mass is 10.0. The minimum absolute atomic E-state index is 0.0991. The Bertz CT molecular complexity index is 837. The first-order valence-corrected chi connectivity index (χ1v) is 7.17. The number of phenols is 1. The topological polar surface area (TPSA) is 59.7 Å². The Kier molecular flexibility index (Phi) is 3.77. The van der Waals surface area contributed by atoms with Gasteiger partial charge in [0.25, 0.3) is 0 Å². The normalized spacial score (nSPS) is 10.8. The van der Waals surface area contributed by atoms with Gasteiger partial charge in [0.05, 0.1) is 11.6 Å². The molecule has 3 aromatic rings. The molecule has 0 radical (unpaired) electrons. The lowest BCUT2D eigenvalue weighted by molar-refractivity contribution is 0.0494. The summed E-state index contributed by atoms with van der Waals surface area (Å²) >= 11 is 5.99. The van der Waals surface area contributed by atoms with Gasteiger partial charge in [-0.2, -0.15) is 0 Å². The van der Waals surface area contributed by atoms with Crippen molar-refractivity contribution in [3.8, 4) is 16.9 Å². The van der Waals surface area contributed by atoms with Crippen molar-refractivity contribution in [1.82, 2.24) is 0 Å². The molecule has 22 heavy (non-hydrogen) atoms. The number of halogens is 1. The van der Waals surface area contributed by atoms with Gasteiger partial charge in [0, 0.05) is 17.0 Å². The van der Waals surface area contributed by atoms with Crippen LogP contribution in [0.2, 0.25) is 5.02 Å². The van der Waals surface area contributed by atoms with E-state index in [2.05, 4.69) is 0 Å². The van der Waals surface area contributed by atoms with Crippen LogP contribution in [0.1, 0.15) is 17.5 Å². The fraction of sp³-hybridized carbons (Fsp3) is 0.118. The predicted molar refractivity (Wildman–Crippen MR) is 84.3 cm³/mol. The van der Waals surface area contributed by atoms with Crippen molar-refractivity contribution in [1.29, 1.82) is 0 Å². The number of hydrogen-bond acceptors (Lipinski definition) is 4. The van der Waals surface area contributed by atoms with Crippen molar-refractivity contribution in [3.05, 3.63) is 53.2 Å². The van der Waals surface area contributed by atoms with Crippen LogP contribution >= 0.6 is 11.6 Å². The molecule has 0 aliphatic rings. The van der Waals surface area contributed by atoms with Gasteiger partial charge in [-0.05, 0) is 18.6 Å². The molecule has 0 bridgehead atoms. The van der Waals surface area contributed by atoms with E-state index in [0.29, 0.717) is 16.5 Å². The molecule has 3 rings (SSSR count). The van der Waals surface area contributed by atoms with Gasteiger partial charge < -0.3 is 14.3 Å². The Morgan fingerprint density at radius 1 is 1.27 bits per heavy atom. The Balaban J connectivity index is 2.32.